The van der Waals surface area contributed by atoms with Crippen LogP contribution in [0.1, 0.15) is 49.1 Å². The normalized spacial score (nSPS) is 24.9. The second-order valence-electron chi connectivity index (χ2n) is 13.2. The fraction of sp³-hybridized carbons (Fsp3) is 0.559. The number of likely N-dealkylation sites (N-methyl/N-ethyl adjacent to an activating group) is 1. The lowest BCUT2D eigenvalue weighted by Gasteiger charge is -2.31. The molecule has 14 heteroatoms. The van der Waals surface area contributed by atoms with Crippen LogP contribution in [-0.4, -0.2) is 111 Å². The molecular weight excluding hydrogens is 626 g/mol. The van der Waals surface area contributed by atoms with Crippen molar-refractivity contribution < 1.29 is 38.7 Å². The average Bonchev–Trinajstić information content (AvgIpc) is 3.48. The number of benzene rings is 2. The first-order valence-electron chi connectivity index (χ1n) is 16.4. The summed E-state index contributed by atoms with van der Waals surface area (Å²) in [7, 11) is 1.85. The van der Waals surface area contributed by atoms with Gasteiger partial charge < -0.3 is 40.1 Å². The summed E-state index contributed by atoms with van der Waals surface area (Å²) >= 11 is 0. The SMILES string of the molecule is C#Cc1c(F)ccc2cc(O)cc(CCc3nc(OC[C@@]45CCCN4CC(F)C5)nc(N4CC(COC(O)(O)O)CC[C@@H](NC)C4)n3)c12. The molecule has 0 spiro atoms. The maximum Gasteiger partial charge on any atom is 0.404 e. The maximum absolute atomic E-state index is 14.7. The Morgan fingerprint density at radius 1 is 1.12 bits per heavy atom. The van der Waals surface area contributed by atoms with Crippen molar-refractivity contribution in [1.29, 1.82) is 0 Å². The molecule has 48 heavy (non-hydrogen) atoms. The summed E-state index contributed by atoms with van der Waals surface area (Å²) in [6, 6.07) is 6.09. The number of aliphatic hydroxyl groups is 3. The molecule has 3 fully saturated rings. The van der Waals surface area contributed by atoms with Crippen molar-refractivity contribution in [2.75, 3.05) is 51.3 Å². The van der Waals surface area contributed by atoms with Crippen LogP contribution in [-0.2, 0) is 17.6 Å². The third-order valence-corrected chi connectivity index (χ3v) is 9.82. The quantitative estimate of drug-likeness (QED) is 0.150. The molecule has 12 nitrogen and oxygen atoms in total. The largest absolute Gasteiger partial charge is 0.508 e. The first kappa shape index (κ1) is 34.2. The van der Waals surface area contributed by atoms with Crippen LogP contribution in [0.4, 0.5) is 14.7 Å². The van der Waals surface area contributed by atoms with Crippen molar-refractivity contribution in [2.24, 2.45) is 5.92 Å². The number of halogens is 2. The lowest BCUT2D eigenvalue weighted by atomic mass is 9.95. The van der Waals surface area contributed by atoms with E-state index in [1.807, 2.05) is 11.9 Å². The van der Waals surface area contributed by atoms with Crippen LogP contribution in [0.25, 0.3) is 10.8 Å². The van der Waals surface area contributed by atoms with Crippen molar-refractivity contribution in [3.8, 4) is 24.1 Å². The number of hydrogen-bond donors (Lipinski definition) is 5. The number of hydrogen-bond acceptors (Lipinski definition) is 12. The highest BCUT2D eigenvalue weighted by Gasteiger charge is 2.49. The summed E-state index contributed by atoms with van der Waals surface area (Å²) in [4.78, 5) is 18.2. The molecule has 2 aromatic carbocycles. The summed E-state index contributed by atoms with van der Waals surface area (Å²) in [5.41, 5.74) is 0.320. The second-order valence-corrected chi connectivity index (χ2v) is 13.2. The van der Waals surface area contributed by atoms with E-state index in [4.69, 9.17) is 25.9 Å². The maximum atomic E-state index is 14.7. The number of aromatic nitrogens is 3. The minimum absolute atomic E-state index is 0.0177. The zero-order valence-electron chi connectivity index (χ0n) is 26.9. The molecule has 5 N–H and O–H groups in total. The first-order chi connectivity index (χ1) is 22.9. The van der Waals surface area contributed by atoms with Gasteiger partial charge in [0.2, 0.25) is 5.95 Å². The Bertz CT molecular complexity index is 1670. The number of alkyl halides is 1. The van der Waals surface area contributed by atoms with Gasteiger partial charge in [-0.05, 0) is 74.8 Å². The molecule has 6 rings (SSSR count). The minimum Gasteiger partial charge on any atom is -0.508 e. The number of rotatable bonds is 11. The van der Waals surface area contributed by atoms with E-state index in [0.717, 1.165) is 25.8 Å². The van der Waals surface area contributed by atoms with Crippen LogP contribution in [0.15, 0.2) is 24.3 Å². The number of phenols is 1. The average molecular weight is 669 g/mol. The highest BCUT2D eigenvalue weighted by Crippen LogP contribution is 2.40. The summed E-state index contributed by atoms with van der Waals surface area (Å²) in [5.74, 6) is 2.44. The van der Waals surface area contributed by atoms with Gasteiger partial charge in [0, 0.05) is 49.8 Å². The van der Waals surface area contributed by atoms with Gasteiger partial charge in [0.25, 0.3) is 0 Å². The van der Waals surface area contributed by atoms with Crippen LogP contribution in [0.5, 0.6) is 11.8 Å². The van der Waals surface area contributed by atoms with Crippen LogP contribution >= 0.6 is 0 Å². The van der Waals surface area contributed by atoms with Crippen LogP contribution in [0, 0.1) is 24.1 Å². The molecule has 4 atom stereocenters. The molecule has 3 aliphatic rings. The number of terminal acetylenes is 1. The molecule has 4 heterocycles. The molecule has 0 saturated carbocycles. The van der Waals surface area contributed by atoms with Gasteiger partial charge >= 0.3 is 12.2 Å². The molecular formula is C34H42F2N6O6. The predicted octanol–water partition coefficient (Wildman–Crippen LogP) is 2.00. The standard InChI is InChI=1S/C34H42F2N6O6/c1-3-27-28(36)9-6-22-13-26(43)14-23(30(22)27)7-10-29-38-31(41-16-21(19-48-34(44,45)46)5-8-25(18-41)37-2)40-32(39-29)47-20-33-11-4-12-42(33)17-24(35)15-33/h1,6,9,13-14,21,24-25,37,43-46H,4-5,7-8,10-12,15-20H2,2H3/t21?,24?,25-,33+/m1/s1. The molecule has 2 unspecified atom stereocenters. The molecule has 0 radical (unpaired) electrons. The summed E-state index contributed by atoms with van der Waals surface area (Å²) in [6.45, 7) is 2.18. The third kappa shape index (κ3) is 7.62. The number of anilines is 1. The van der Waals surface area contributed by atoms with E-state index in [-0.39, 0.29) is 48.9 Å². The van der Waals surface area contributed by atoms with E-state index in [1.165, 1.54) is 12.1 Å². The first-order valence-corrected chi connectivity index (χ1v) is 16.4. The number of nitrogens with zero attached hydrogens (tertiary/aromatic N) is 5. The van der Waals surface area contributed by atoms with Gasteiger partial charge in [0.1, 0.15) is 30.2 Å². The topological polar surface area (TPSA) is 157 Å². The molecule has 258 valence electrons. The Hall–Kier alpha value is -3.71. The molecule has 3 saturated heterocycles. The second kappa shape index (κ2) is 14.0. The van der Waals surface area contributed by atoms with Gasteiger partial charge in [-0.1, -0.05) is 12.0 Å². The molecule has 3 aromatic rings. The highest BCUT2D eigenvalue weighted by atomic mass is 19.1. The van der Waals surface area contributed by atoms with Gasteiger partial charge in [0.15, 0.2) is 0 Å². The van der Waals surface area contributed by atoms with E-state index in [1.54, 1.807) is 12.1 Å². The summed E-state index contributed by atoms with van der Waals surface area (Å²) in [5, 5.41) is 42.9. The zero-order valence-corrected chi connectivity index (χ0v) is 26.9. The number of phenolic OH excluding ortho intramolecular Hbond substituents is 1. The van der Waals surface area contributed by atoms with Crippen molar-refractivity contribution in [3.63, 3.8) is 0 Å². The van der Waals surface area contributed by atoms with Crippen molar-refractivity contribution >= 4 is 16.7 Å². The predicted molar refractivity (Wildman–Crippen MR) is 172 cm³/mol. The molecule has 0 aliphatic carbocycles. The van der Waals surface area contributed by atoms with Gasteiger partial charge in [-0.3, -0.25) is 4.90 Å². The Morgan fingerprint density at radius 3 is 2.73 bits per heavy atom. The minimum atomic E-state index is -3.24. The monoisotopic (exact) mass is 668 g/mol. The number of fused-ring (bicyclic) bond motifs is 2. The Balaban J connectivity index is 1.32. The van der Waals surface area contributed by atoms with E-state index in [9.17, 15) is 29.2 Å². The summed E-state index contributed by atoms with van der Waals surface area (Å²) < 4.78 is 40.3. The van der Waals surface area contributed by atoms with Gasteiger partial charge in [-0.2, -0.15) is 15.0 Å². The molecule has 3 aliphatic heterocycles. The summed E-state index contributed by atoms with van der Waals surface area (Å²) in [6.07, 6.45) is 5.68. The van der Waals surface area contributed by atoms with E-state index >= 15 is 0 Å². The Kier molecular flexibility index (Phi) is 9.98. The van der Waals surface area contributed by atoms with E-state index < -0.39 is 23.7 Å². The Labute approximate surface area is 277 Å². The number of aromatic hydroxyl groups is 1. The lowest BCUT2D eigenvalue weighted by Crippen LogP contribution is -2.43. The highest BCUT2D eigenvalue weighted by molar-refractivity contribution is 5.92. The Morgan fingerprint density at radius 2 is 1.96 bits per heavy atom. The van der Waals surface area contributed by atoms with Crippen molar-refractivity contribution in [3.05, 3.63) is 47.0 Å². The van der Waals surface area contributed by atoms with Crippen molar-refractivity contribution in [2.45, 2.75) is 68.9 Å². The molecule has 1 aromatic heterocycles. The lowest BCUT2D eigenvalue weighted by molar-refractivity contribution is -0.456. The van der Waals surface area contributed by atoms with Crippen LogP contribution < -0.4 is 15.0 Å². The van der Waals surface area contributed by atoms with Gasteiger partial charge in [-0.15, -0.1) is 6.42 Å². The number of ether oxygens (including phenoxy) is 2. The molecule has 0 amide bonds. The molecule has 0 bridgehead atoms. The third-order valence-electron chi connectivity index (χ3n) is 9.82. The number of nitrogens with one attached hydrogen (secondary N) is 1. The number of aryl methyl sites for hydroxylation is 2. The van der Waals surface area contributed by atoms with E-state index in [0.29, 0.717) is 67.0 Å². The van der Waals surface area contributed by atoms with Crippen molar-refractivity contribution in [1.82, 2.24) is 25.2 Å². The van der Waals surface area contributed by atoms with Crippen LogP contribution in [0.2, 0.25) is 0 Å². The van der Waals surface area contributed by atoms with Gasteiger partial charge in [-0.25, -0.2) is 8.78 Å². The van der Waals surface area contributed by atoms with Gasteiger partial charge in [0.05, 0.1) is 17.7 Å². The zero-order chi connectivity index (χ0) is 34.1. The smallest absolute Gasteiger partial charge is 0.404 e. The fourth-order valence-corrected chi connectivity index (χ4v) is 7.48. The van der Waals surface area contributed by atoms with E-state index in [2.05, 4.69) is 21.1 Å². The fourth-order valence-electron chi connectivity index (χ4n) is 7.48. The van der Waals surface area contributed by atoms with Crippen LogP contribution in [0.3, 0.4) is 0 Å².